The topological polar surface area (TPSA) is 69.9 Å². The summed E-state index contributed by atoms with van der Waals surface area (Å²) in [6.07, 6.45) is -3.35. The summed E-state index contributed by atoms with van der Waals surface area (Å²) >= 11 is 3.31. The summed E-state index contributed by atoms with van der Waals surface area (Å²) in [5.74, 6) is 0. The lowest BCUT2D eigenvalue weighted by Crippen LogP contribution is -2.32. The second-order valence-electron chi connectivity index (χ2n) is 3.81. The first-order valence-corrected chi connectivity index (χ1v) is 5.80. The van der Waals surface area contributed by atoms with E-state index < -0.39 is 24.4 Å². The highest BCUT2D eigenvalue weighted by Crippen LogP contribution is 2.33. The van der Waals surface area contributed by atoms with Gasteiger partial charge in [0.15, 0.2) is 0 Å². The molecule has 4 atom stereocenters. The van der Waals surface area contributed by atoms with Gasteiger partial charge in [0, 0.05) is 4.47 Å². The zero-order chi connectivity index (χ0) is 11.7. The molecule has 0 unspecified atom stereocenters. The van der Waals surface area contributed by atoms with E-state index in [1.165, 1.54) is 0 Å². The molecule has 4 nitrogen and oxygen atoms in total. The Kier molecular flexibility index (Phi) is 3.61. The summed E-state index contributed by atoms with van der Waals surface area (Å²) in [5, 5.41) is 28.3. The second kappa shape index (κ2) is 4.81. The van der Waals surface area contributed by atoms with Crippen molar-refractivity contribution >= 4 is 15.9 Å². The molecular weight excluding hydrogens is 276 g/mol. The first-order valence-electron chi connectivity index (χ1n) is 5.01. The van der Waals surface area contributed by atoms with Crippen LogP contribution < -0.4 is 0 Å². The number of aliphatic hydroxyl groups excluding tert-OH is 3. The van der Waals surface area contributed by atoms with Crippen molar-refractivity contribution in [3.05, 3.63) is 34.3 Å². The predicted octanol–water partition coefficient (Wildman–Crippen LogP) is 0.603. The molecule has 0 aliphatic carbocycles. The normalized spacial score (nSPS) is 34.2. The summed E-state index contributed by atoms with van der Waals surface area (Å²) in [5.41, 5.74) is 0.783. The van der Waals surface area contributed by atoms with Gasteiger partial charge in [-0.1, -0.05) is 28.1 Å². The van der Waals surface area contributed by atoms with Crippen LogP contribution in [0.4, 0.5) is 0 Å². The molecule has 1 saturated heterocycles. The monoisotopic (exact) mass is 288 g/mol. The van der Waals surface area contributed by atoms with Gasteiger partial charge < -0.3 is 20.1 Å². The third-order valence-corrected chi connectivity index (χ3v) is 3.27. The maximum Gasteiger partial charge on any atom is 0.113 e. The fourth-order valence-corrected chi connectivity index (χ4v) is 2.09. The Morgan fingerprint density at radius 1 is 1.12 bits per heavy atom. The molecule has 1 aliphatic heterocycles. The van der Waals surface area contributed by atoms with E-state index in [1.54, 1.807) is 0 Å². The molecule has 5 heteroatoms. The smallest absolute Gasteiger partial charge is 0.113 e. The Labute approximate surface area is 102 Å². The largest absolute Gasteiger partial charge is 0.394 e. The molecule has 16 heavy (non-hydrogen) atoms. The quantitative estimate of drug-likeness (QED) is 0.746. The minimum atomic E-state index is -1.04. The Hall–Kier alpha value is -0.460. The van der Waals surface area contributed by atoms with Gasteiger partial charge >= 0.3 is 0 Å². The van der Waals surface area contributed by atoms with Crippen LogP contribution in [0.1, 0.15) is 11.7 Å². The van der Waals surface area contributed by atoms with Gasteiger partial charge in [-0.05, 0) is 17.7 Å². The number of aliphatic hydroxyl groups is 3. The SMILES string of the molecule is OC[C@H]1O[C@@H](c2ccc(Br)cc2)[C@H](O)[C@@H]1O. The van der Waals surface area contributed by atoms with E-state index in [-0.39, 0.29) is 6.61 Å². The van der Waals surface area contributed by atoms with Crippen molar-refractivity contribution in [3.63, 3.8) is 0 Å². The maximum absolute atomic E-state index is 9.78. The van der Waals surface area contributed by atoms with E-state index in [2.05, 4.69) is 15.9 Å². The molecule has 1 aliphatic rings. The van der Waals surface area contributed by atoms with Crippen LogP contribution >= 0.6 is 15.9 Å². The maximum atomic E-state index is 9.78. The summed E-state index contributed by atoms with van der Waals surface area (Å²) < 4.78 is 6.33. The third-order valence-electron chi connectivity index (χ3n) is 2.74. The van der Waals surface area contributed by atoms with Gasteiger partial charge in [-0.15, -0.1) is 0 Å². The van der Waals surface area contributed by atoms with E-state index in [1.807, 2.05) is 24.3 Å². The zero-order valence-electron chi connectivity index (χ0n) is 8.45. The number of hydrogen-bond acceptors (Lipinski definition) is 4. The lowest BCUT2D eigenvalue weighted by molar-refractivity contribution is -0.0227. The van der Waals surface area contributed by atoms with Crippen molar-refractivity contribution in [1.29, 1.82) is 0 Å². The van der Waals surface area contributed by atoms with Crippen molar-refractivity contribution < 1.29 is 20.1 Å². The van der Waals surface area contributed by atoms with Gasteiger partial charge in [-0.25, -0.2) is 0 Å². The summed E-state index contributed by atoms with van der Waals surface area (Å²) in [4.78, 5) is 0. The Morgan fingerprint density at radius 3 is 2.25 bits per heavy atom. The Bertz CT molecular complexity index is 354. The molecule has 0 amide bonds. The fourth-order valence-electron chi connectivity index (χ4n) is 1.83. The van der Waals surface area contributed by atoms with Crippen molar-refractivity contribution in [2.24, 2.45) is 0 Å². The number of benzene rings is 1. The van der Waals surface area contributed by atoms with Crippen molar-refractivity contribution in [2.75, 3.05) is 6.61 Å². The van der Waals surface area contributed by atoms with Gasteiger partial charge in [0.05, 0.1) is 6.61 Å². The van der Waals surface area contributed by atoms with Gasteiger partial charge in [-0.3, -0.25) is 0 Å². The summed E-state index contributed by atoms with van der Waals surface area (Å²) in [6, 6.07) is 7.29. The van der Waals surface area contributed by atoms with E-state index in [9.17, 15) is 10.2 Å². The van der Waals surface area contributed by atoms with Crippen LogP contribution in [0.25, 0.3) is 0 Å². The lowest BCUT2D eigenvalue weighted by atomic mass is 10.0. The molecular formula is C11H13BrO4. The van der Waals surface area contributed by atoms with Crippen molar-refractivity contribution in [1.82, 2.24) is 0 Å². The average molecular weight is 289 g/mol. The first kappa shape index (κ1) is 12.0. The second-order valence-corrected chi connectivity index (χ2v) is 4.73. The Balaban J connectivity index is 2.19. The summed E-state index contributed by atoms with van der Waals surface area (Å²) in [7, 11) is 0. The van der Waals surface area contributed by atoms with Crippen LogP contribution in [0.5, 0.6) is 0 Å². The molecule has 0 spiro atoms. The fraction of sp³-hybridized carbons (Fsp3) is 0.455. The van der Waals surface area contributed by atoms with Gasteiger partial charge in [0.2, 0.25) is 0 Å². The van der Waals surface area contributed by atoms with Crippen molar-refractivity contribution in [3.8, 4) is 0 Å². The van der Waals surface area contributed by atoms with E-state index in [4.69, 9.17) is 9.84 Å². The molecule has 1 aromatic carbocycles. The Morgan fingerprint density at radius 2 is 1.75 bits per heavy atom. The number of halogens is 1. The summed E-state index contributed by atoms with van der Waals surface area (Å²) in [6.45, 7) is -0.300. The molecule has 1 fully saturated rings. The molecule has 88 valence electrons. The molecule has 3 N–H and O–H groups in total. The highest BCUT2D eigenvalue weighted by molar-refractivity contribution is 9.10. The third kappa shape index (κ3) is 2.14. The van der Waals surface area contributed by atoms with Crippen LogP contribution in [0.2, 0.25) is 0 Å². The highest BCUT2D eigenvalue weighted by atomic mass is 79.9. The molecule has 2 rings (SSSR count). The molecule has 0 bridgehead atoms. The van der Waals surface area contributed by atoms with Crippen LogP contribution in [0, 0.1) is 0 Å². The van der Waals surface area contributed by atoms with E-state index in [0.29, 0.717) is 0 Å². The highest BCUT2D eigenvalue weighted by Gasteiger charge is 2.42. The van der Waals surface area contributed by atoms with Crippen LogP contribution in [-0.2, 0) is 4.74 Å². The molecule has 0 aromatic heterocycles. The van der Waals surface area contributed by atoms with E-state index >= 15 is 0 Å². The predicted molar refractivity (Wildman–Crippen MR) is 60.9 cm³/mol. The van der Waals surface area contributed by atoms with Gasteiger partial charge in [0.25, 0.3) is 0 Å². The van der Waals surface area contributed by atoms with Gasteiger partial charge in [0.1, 0.15) is 24.4 Å². The molecule has 0 radical (unpaired) electrons. The van der Waals surface area contributed by atoms with Crippen LogP contribution in [-0.4, -0.2) is 40.2 Å². The van der Waals surface area contributed by atoms with Crippen molar-refractivity contribution in [2.45, 2.75) is 24.4 Å². The minimum absolute atomic E-state index is 0.300. The van der Waals surface area contributed by atoms with Gasteiger partial charge in [-0.2, -0.15) is 0 Å². The van der Waals surface area contributed by atoms with Crippen LogP contribution in [0.15, 0.2) is 28.7 Å². The lowest BCUT2D eigenvalue weighted by Gasteiger charge is -2.14. The molecule has 1 heterocycles. The number of rotatable bonds is 2. The zero-order valence-corrected chi connectivity index (χ0v) is 10.0. The number of hydrogen-bond donors (Lipinski definition) is 3. The van der Waals surface area contributed by atoms with E-state index in [0.717, 1.165) is 10.0 Å². The molecule has 0 saturated carbocycles. The molecule has 1 aromatic rings. The van der Waals surface area contributed by atoms with Crippen LogP contribution in [0.3, 0.4) is 0 Å². The minimum Gasteiger partial charge on any atom is -0.394 e. The number of ether oxygens (including phenoxy) is 1. The standard InChI is InChI=1S/C11H13BrO4/c12-7-3-1-6(2-4-7)11-10(15)9(14)8(5-13)16-11/h1-4,8-11,13-15H,5H2/t8-,9-,10-,11+/m1/s1. The average Bonchev–Trinajstić information content (AvgIpc) is 2.57. The first-order chi connectivity index (χ1) is 7.63.